The molecule has 2 aromatic rings. The van der Waals surface area contributed by atoms with E-state index >= 15 is 0 Å². The van der Waals surface area contributed by atoms with Crippen molar-refractivity contribution < 1.29 is 0 Å². The minimum atomic E-state index is 0.518. The number of benzene rings is 1. The van der Waals surface area contributed by atoms with Crippen LogP contribution in [-0.4, -0.2) is 4.98 Å². The first-order valence-corrected chi connectivity index (χ1v) is 5.66. The fourth-order valence-electron chi connectivity index (χ4n) is 1.37. The van der Waals surface area contributed by atoms with Gasteiger partial charge < -0.3 is 0 Å². The van der Waals surface area contributed by atoms with Gasteiger partial charge in [-0.2, -0.15) is 5.26 Å². The standard InChI is InChI=1S/C12H10N2S/c1-2-9-3-5-10(6-4-9)11-8-15-12(7-13)14-11/h3-6,8H,2H2,1H3. The first kappa shape index (κ1) is 9.88. The zero-order valence-corrected chi connectivity index (χ0v) is 9.21. The molecule has 2 nitrogen and oxygen atoms in total. The highest BCUT2D eigenvalue weighted by Crippen LogP contribution is 2.21. The van der Waals surface area contributed by atoms with E-state index in [2.05, 4.69) is 36.2 Å². The summed E-state index contributed by atoms with van der Waals surface area (Å²) in [7, 11) is 0. The van der Waals surface area contributed by atoms with E-state index in [1.807, 2.05) is 11.4 Å². The summed E-state index contributed by atoms with van der Waals surface area (Å²) in [5.41, 5.74) is 3.28. The Morgan fingerprint density at radius 3 is 2.60 bits per heavy atom. The third-order valence-electron chi connectivity index (χ3n) is 2.26. The first-order chi connectivity index (χ1) is 7.33. The Hall–Kier alpha value is -1.66. The molecule has 0 radical (unpaired) electrons. The molecule has 1 aromatic carbocycles. The van der Waals surface area contributed by atoms with Gasteiger partial charge in [0.25, 0.3) is 0 Å². The molecule has 3 heteroatoms. The maximum Gasteiger partial charge on any atom is 0.194 e. The van der Waals surface area contributed by atoms with Crippen LogP contribution in [0.25, 0.3) is 11.3 Å². The molecule has 0 unspecified atom stereocenters. The average molecular weight is 214 g/mol. The minimum Gasteiger partial charge on any atom is -0.226 e. The van der Waals surface area contributed by atoms with Crippen LogP contribution < -0.4 is 0 Å². The monoisotopic (exact) mass is 214 g/mol. The highest BCUT2D eigenvalue weighted by Gasteiger charge is 2.03. The lowest BCUT2D eigenvalue weighted by Gasteiger charge is -1.98. The molecule has 0 saturated carbocycles. The Balaban J connectivity index is 2.33. The number of rotatable bonds is 2. The highest BCUT2D eigenvalue weighted by molar-refractivity contribution is 7.10. The summed E-state index contributed by atoms with van der Waals surface area (Å²) in [6.45, 7) is 2.13. The van der Waals surface area contributed by atoms with Gasteiger partial charge >= 0.3 is 0 Å². The van der Waals surface area contributed by atoms with E-state index < -0.39 is 0 Å². The highest BCUT2D eigenvalue weighted by atomic mass is 32.1. The van der Waals surface area contributed by atoms with Gasteiger partial charge in [0, 0.05) is 10.9 Å². The molecule has 2 rings (SSSR count). The lowest BCUT2D eigenvalue weighted by atomic mass is 10.1. The summed E-state index contributed by atoms with van der Waals surface area (Å²) in [4.78, 5) is 4.21. The van der Waals surface area contributed by atoms with Crippen molar-refractivity contribution >= 4 is 11.3 Å². The normalized spacial score (nSPS) is 9.87. The van der Waals surface area contributed by atoms with Crippen LogP contribution in [0, 0.1) is 11.3 Å². The Kier molecular flexibility index (Phi) is 2.79. The molecule has 15 heavy (non-hydrogen) atoms. The SMILES string of the molecule is CCc1ccc(-c2csc(C#N)n2)cc1. The lowest BCUT2D eigenvalue weighted by Crippen LogP contribution is -1.81. The summed E-state index contributed by atoms with van der Waals surface area (Å²) in [5, 5.41) is 11.1. The third-order valence-corrected chi connectivity index (χ3v) is 3.00. The van der Waals surface area contributed by atoms with Crippen molar-refractivity contribution in [1.82, 2.24) is 4.98 Å². The molecular formula is C12H10N2S. The molecule has 0 saturated heterocycles. The van der Waals surface area contributed by atoms with Gasteiger partial charge in [0.1, 0.15) is 6.07 Å². The summed E-state index contributed by atoms with van der Waals surface area (Å²) >= 11 is 1.38. The van der Waals surface area contributed by atoms with Crippen LogP contribution in [0.3, 0.4) is 0 Å². The summed E-state index contributed by atoms with van der Waals surface area (Å²) in [5.74, 6) is 0. The van der Waals surface area contributed by atoms with Crippen LogP contribution in [0.1, 0.15) is 17.5 Å². The molecule has 0 fully saturated rings. The van der Waals surface area contributed by atoms with Crippen molar-refractivity contribution in [2.45, 2.75) is 13.3 Å². The molecule has 0 atom stereocenters. The summed E-state index contributed by atoms with van der Waals surface area (Å²) in [6.07, 6.45) is 1.04. The Morgan fingerprint density at radius 2 is 2.07 bits per heavy atom. The molecular weight excluding hydrogens is 204 g/mol. The number of nitrogens with zero attached hydrogens (tertiary/aromatic N) is 2. The summed E-state index contributed by atoms with van der Waals surface area (Å²) < 4.78 is 0. The Morgan fingerprint density at radius 1 is 1.33 bits per heavy atom. The van der Waals surface area contributed by atoms with Crippen molar-refractivity contribution in [3.8, 4) is 17.3 Å². The summed E-state index contributed by atoms with van der Waals surface area (Å²) in [6, 6.07) is 10.3. The first-order valence-electron chi connectivity index (χ1n) is 4.78. The maximum atomic E-state index is 8.68. The van der Waals surface area contributed by atoms with Gasteiger partial charge in [0.05, 0.1) is 5.69 Å². The van der Waals surface area contributed by atoms with Gasteiger partial charge in [-0.15, -0.1) is 11.3 Å². The number of thiazole rings is 1. The number of hydrogen-bond donors (Lipinski definition) is 0. The molecule has 0 N–H and O–H groups in total. The van der Waals surface area contributed by atoms with Gasteiger partial charge in [-0.25, -0.2) is 4.98 Å². The fourth-order valence-corrected chi connectivity index (χ4v) is 1.98. The van der Waals surface area contributed by atoms with Crippen molar-refractivity contribution in [2.75, 3.05) is 0 Å². The van der Waals surface area contributed by atoms with Crippen molar-refractivity contribution in [3.63, 3.8) is 0 Å². The van der Waals surface area contributed by atoms with Gasteiger partial charge in [-0.3, -0.25) is 0 Å². The largest absolute Gasteiger partial charge is 0.226 e. The van der Waals surface area contributed by atoms with Crippen LogP contribution in [0.4, 0.5) is 0 Å². The third kappa shape index (κ3) is 2.05. The van der Waals surface area contributed by atoms with Gasteiger partial charge in [-0.05, 0) is 12.0 Å². The van der Waals surface area contributed by atoms with E-state index in [9.17, 15) is 0 Å². The molecule has 1 aromatic heterocycles. The number of nitriles is 1. The topological polar surface area (TPSA) is 36.7 Å². The van der Waals surface area contributed by atoms with Gasteiger partial charge in [0.15, 0.2) is 5.01 Å². The van der Waals surface area contributed by atoms with Crippen LogP contribution in [0.5, 0.6) is 0 Å². The smallest absolute Gasteiger partial charge is 0.194 e. The van der Waals surface area contributed by atoms with Crippen LogP contribution in [0.15, 0.2) is 29.6 Å². The predicted octanol–water partition coefficient (Wildman–Crippen LogP) is 3.24. The molecule has 0 aliphatic carbocycles. The molecule has 0 aliphatic heterocycles. The van der Waals surface area contributed by atoms with E-state index in [0.717, 1.165) is 17.7 Å². The van der Waals surface area contributed by atoms with Crippen LogP contribution in [-0.2, 0) is 6.42 Å². The van der Waals surface area contributed by atoms with Crippen molar-refractivity contribution in [1.29, 1.82) is 5.26 Å². The second-order valence-electron chi connectivity index (χ2n) is 3.20. The Bertz CT molecular complexity index is 491. The van der Waals surface area contributed by atoms with E-state index in [-0.39, 0.29) is 0 Å². The quantitative estimate of drug-likeness (QED) is 0.769. The molecule has 0 spiro atoms. The van der Waals surface area contributed by atoms with E-state index in [4.69, 9.17) is 5.26 Å². The second-order valence-corrected chi connectivity index (χ2v) is 4.06. The molecule has 1 heterocycles. The maximum absolute atomic E-state index is 8.68. The van der Waals surface area contributed by atoms with E-state index in [0.29, 0.717) is 5.01 Å². The number of aromatic nitrogens is 1. The molecule has 0 amide bonds. The molecule has 0 bridgehead atoms. The van der Waals surface area contributed by atoms with Gasteiger partial charge in [-0.1, -0.05) is 31.2 Å². The zero-order valence-electron chi connectivity index (χ0n) is 8.40. The number of aryl methyl sites for hydroxylation is 1. The fraction of sp³-hybridized carbons (Fsp3) is 0.167. The lowest BCUT2D eigenvalue weighted by molar-refractivity contribution is 1.14. The molecule has 0 aliphatic rings. The van der Waals surface area contributed by atoms with Crippen LogP contribution in [0.2, 0.25) is 0 Å². The molecule has 74 valence electrons. The minimum absolute atomic E-state index is 0.518. The van der Waals surface area contributed by atoms with Gasteiger partial charge in [0.2, 0.25) is 0 Å². The Labute approximate surface area is 92.8 Å². The van der Waals surface area contributed by atoms with Crippen molar-refractivity contribution in [3.05, 3.63) is 40.2 Å². The number of hydrogen-bond acceptors (Lipinski definition) is 3. The van der Waals surface area contributed by atoms with E-state index in [1.165, 1.54) is 16.9 Å². The zero-order chi connectivity index (χ0) is 10.7. The van der Waals surface area contributed by atoms with Crippen LogP contribution >= 0.6 is 11.3 Å². The predicted molar refractivity (Wildman–Crippen MR) is 61.6 cm³/mol. The second kappa shape index (κ2) is 4.24. The average Bonchev–Trinajstić information content (AvgIpc) is 2.78. The van der Waals surface area contributed by atoms with E-state index in [1.54, 1.807) is 0 Å². The van der Waals surface area contributed by atoms with Crippen molar-refractivity contribution in [2.24, 2.45) is 0 Å².